The summed E-state index contributed by atoms with van der Waals surface area (Å²) in [5, 5.41) is 3.09. The molecule has 0 bridgehead atoms. The van der Waals surface area contributed by atoms with E-state index in [4.69, 9.17) is 9.47 Å². The van der Waals surface area contributed by atoms with E-state index in [2.05, 4.69) is 5.32 Å². The van der Waals surface area contributed by atoms with Crippen molar-refractivity contribution >= 4 is 11.8 Å². The Bertz CT molecular complexity index is 1220. The van der Waals surface area contributed by atoms with E-state index in [0.717, 1.165) is 24.0 Å². The second-order valence-corrected chi connectivity index (χ2v) is 9.22. The van der Waals surface area contributed by atoms with Gasteiger partial charge in [0.05, 0.1) is 25.2 Å². The van der Waals surface area contributed by atoms with Gasteiger partial charge in [-0.05, 0) is 59.9 Å². The van der Waals surface area contributed by atoms with Crippen molar-refractivity contribution in [1.29, 1.82) is 0 Å². The smallest absolute Gasteiger partial charge is 0.255 e. The molecule has 2 heterocycles. The Morgan fingerprint density at radius 2 is 1.83 bits per heavy atom. The zero-order chi connectivity index (χ0) is 25.1. The zero-order valence-electron chi connectivity index (χ0n) is 20.2. The lowest BCUT2D eigenvalue weighted by Crippen LogP contribution is -2.48. The molecule has 3 aromatic carbocycles. The zero-order valence-corrected chi connectivity index (χ0v) is 20.2. The summed E-state index contributed by atoms with van der Waals surface area (Å²) in [6, 6.07) is 20.3. The van der Waals surface area contributed by atoms with Crippen molar-refractivity contribution in [2.45, 2.75) is 37.5 Å². The van der Waals surface area contributed by atoms with Crippen LogP contribution in [0.1, 0.15) is 51.8 Å². The van der Waals surface area contributed by atoms with Crippen LogP contribution in [-0.4, -0.2) is 43.1 Å². The molecular formula is C29H29FN2O4. The normalized spacial score (nSPS) is 21.2. The van der Waals surface area contributed by atoms with Gasteiger partial charge in [0, 0.05) is 25.3 Å². The van der Waals surface area contributed by atoms with E-state index >= 15 is 0 Å². The topological polar surface area (TPSA) is 67.9 Å². The molecule has 1 fully saturated rings. The Hall–Kier alpha value is -3.71. The Kier molecular flexibility index (Phi) is 7.00. The molecular weight excluding hydrogens is 459 g/mol. The van der Waals surface area contributed by atoms with Gasteiger partial charge in [0.25, 0.3) is 5.91 Å². The number of fused-ring (bicyclic) bond motifs is 1. The van der Waals surface area contributed by atoms with Crippen molar-refractivity contribution in [2.24, 2.45) is 0 Å². The van der Waals surface area contributed by atoms with Gasteiger partial charge in [-0.15, -0.1) is 0 Å². The maximum Gasteiger partial charge on any atom is 0.255 e. The van der Waals surface area contributed by atoms with Gasteiger partial charge in [-0.1, -0.05) is 42.5 Å². The maximum atomic E-state index is 13.8. The summed E-state index contributed by atoms with van der Waals surface area (Å²) in [5.41, 5.74) is 2.80. The van der Waals surface area contributed by atoms with Gasteiger partial charge in [0.1, 0.15) is 11.6 Å². The predicted octanol–water partition coefficient (Wildman–Crippen LogP) is 4.61. The van der Waals surface area contributed by atoms with Crippen molar-refractivity contribution in [3.8, 4) is 5.75 Å². The average Bonchev–Trinajstić information content (AvgIpc) is 3.44. The van der Waals surface area contributed by atoms with Crippen LogP contribution in [0.5, 0.6) is 5.75 Å². The molecule has 3 aromatic rings. The summed E-state index contributed by atoms with van der Waals surface area (Å²) in [7, 11) is 1.59. The van der Waals surface area contributed by atoms with E-state index in [1.165, 1.54) is 12.1 Å². The minimum Gasteiger partial charge on any atom is -0.497 e. The maximum absolute atomic E-state index is 13.8. The summed E-state index contributed by atoms with van der Waals surface area (Å²) in [6.07, 6.45) is 1.91. The number of rotatable bonds is 7. The number of nitrogens with zero attached hydrogens (tertiary/aromatic N) is 1. The molecule has 0 unspecified atom stereocenters. The summed E-state index contributed by atoms with van der Waals surface area (Å²) in [5.74, 6) is -0.610. The summed E-state index contributed by atoms with van der Waals surface area (Å²) in [4.78, 5) is 29.3. The second kappa shape index (κ2) is 10.5. The first kappa shape index (κ1) is 24.0. The van der Waals surface area contributed by atoms with Gasteiger partial charge in [-0.2, -0.15) is 0 Å². The number of amides is 2. The number of carbonyl (C=O) groups is 2. The SMILES string of the molecule is COc1ccc([C@@H]2[C@@H](C(=O)NC[C@H]3CCCO3)c3ccccc3C(=O)N2Cc2ccc(F)cc2)cc1. The predicted molar refractivity (Wildman–Crippen MR) is 133 cm³/mol. The van der Waals surface area contributed by atoms with E-state index < -0.39 is 12.0 Å². The van der Waals surface area contributed by atoms with E-state index in [0.29, 0.717) is 30.0 Å². The highest BCUT2D eigenvalue weighted by Gasteiger charge is 2.44. The van der Waals surface area contributed by atoms with Crippen LogP contribution in [0.15, 0.2) is 72.8 Å². The van der Waals surface area contributed by atoms with Crippen molar-refractivity contribution in [3.05, 3.63) is 101 Å². The largest absolute Gasteiger partial charge is 0.497 e. The highest BCUT2D eigenvalue weighted by atomic mass is 19.1. The number of halogens is 1. The number of ether oxygens (including phenoxy) is 2. The molecule has 0 radical (unpaired) electrons. The Balaban J connectivity index is 1.57. The van der Waals surface area contributed by atoms with Gasteiger partial charge in [-0.3, -0.25) is 9.59 Å². The first-order chi connectivity index (χ1) is 17.5. The van der Waals surface area contributed by atoms with Crippen molar-refractivity contribution in [2.75, 3.05) is 20.3 Å². The molecule has 6 nitrogen and oxygen atoms in total. The van der Waals surface area contributed by atoms with Crippen LogP contribution in [-0.2, 0) is 16.1 Å². The van der Waals surface area contributed by atoms with Gasteiger partial charge in [-0.25, -0.2) is 4.39 Å². The van der Waals surface area contributed by atoms with Gasteiger partial charge < -0.3 is 19.7 Å². The third-order valence-electron chi connectivity index (χ3n) is 6.97. The average molecular weight is 489 g/mol. The minimum absolute atomic E-state index is 0.00386. The van der Waals surface area contributed by atoms with Crippen molar-refractivity contribution < 1.29 is 23.5 Å². The van der Waals surface area contributed by atoms with Crippen LogP contribution in [0.25, 0.3) is 0 Å². The fraction of sp³-hybridized carbons (Fsp3) is 0.310. The highest BCUT2D eigenvalue weighted by Crippen LogP contribution is 2.44. The van der Waals surface area contributed by atoms with Crippen LogP contribution >= 0.6 is 0 Å². The number of hydrogen-bond donors (Lipinski definition) is 1. The fourth-order valence-electron chi connectivity index (χ4n) is 5.14. The molecule has 1 N–H and O–H groups in total. The summed E-state index contributed by atoms with van der Waals surface area (Å²) < 4.78 is 24.6. The van der Waals surface area contributed by atoms with Crippen LogP contribution in [0.4, 0.5) is 4.39 Å². The third kappa shape index (κ3) is 4.84. The summed E-state index contributed by atoms with van der Waals surface area (Å²) >= 11 is 0. The van der Waals surface area contributed by atoms with Gasteiger partial charge in [0.15, 0.2) is 0 Å². The summed E-state index contributed by atoms with van der Waals surface area (Å²) in [6.45, 7) is 1.37. The lowest BCUT2D eigenvalue weighted by atomic mass is 9.79. The molecule has 0 aliphatic carbocycles. The van der Waals surface area contributed by atoms with E-state index in [1.54, 1.807) is 30.2 Å². The Morgan fingerprint density at radius 1 is 1.08 bits per heavy atom. The minimum atomic E-state index is -0.630. The molecule has 1 saturated heterocycles. The van der Waals surface area contributed by atoms with Crippen LogP contribution in [0, 0.1) is 5.82 Å². The molecule has 5 rings (SSSR count). The van der Waals surface area contributed by atoms with Crippen molar-refractivity contribution in [1.82, 2.24) is 10.2 Å². The van der Waals surface area contributed by atoms with Crippen LogP contribution in [0.3, 0.4) is 0 Å². The molecule has 2 aliphatic heterocycles. The molecule has 3 atom stereocenters. The van der Waals surface area contributed by atoms with Gasteiger partial charge in [0.2, 0.25) is 5.91 Å². The molecule has 186 valence electrons. The first-order valence-electron chi connectivity index (χ1n) is 12.2. The third-order valence-corrected chi connectivity index (χ3v) is 6.97. The van der Waals surface area contributed by atoms with Crippen LogP contribution < -0.4 is 10.1 Å². The molecule has 7 heteroatoms. The van der Waals surface area contributed by atoms with Crippen molar-refractivity contribution in [3.63, 3.8) is 0 Å². The molecule has 36 heavy (non-hydrogen) atoms. The molecule has 0 aromatic heterocycles. The monoisotopic (exact) mass is 488 g/mol. The molecule has 0 spiro atoms. The standard InChI is InChI=1S/C29H29FN2O4/c1-35-22-14-10-20(11-15-22)27-26(28(33)31-17-23-5-4-16-36-23)24-6-2-3-7-25(24)29(34)32(27)18-19-8-12-21(30)13-9-19/h2-3,6-15,23,26-27H,4-5,16-18H2,1H3,(H,31,33)/t23-,26+,27-/m1/s1. The lowest BCUT2D eigenvalue weighted by Gasteiger charge is -2.42. The Morgan fingerprint density at radius 3 is 2.53 bits per heavy atom. The number of methoxy groups -OCH3 is 1. The van der Waals surface area contributed by atoms with E-state index in [1.807, 2.05) is 42.5 Å². The fourth-order valence-corrected chi connectivity index (χ4v) is 5.14. The lowest BCUT2D eigenvalue weighted by molar-refractivity contribution is -0.124. The quantitative estimate of drug-likeness (QED) is 0.528. The number of hydrogen-bond acceptors (Lipinski definition) is 4. The first-order valence-corrected chi connectivity index (χ1v) is 12.2. The Labute approximate surface area is 210 Å². The number of carbonyl (C=O) groups excluding carboxylic acids is 2. The van der Waals surface area contributed by atoms with E-state index in [9.17, 15) is 14.0 Å². The highest BCUT2D eigenvalue weighted by molar-refractivity contribution is 6.01. The van der Waals surface area contributed by atoms with Crippen LogP contribution in [0.2, 0.25) is 0 Å². The number of nitrogens with one attached hydrogen (secondary N) is 1. The molecule has 2 aliphatic rings. The molecule has 2 amide bonds. The second-order valence-electron chi connectivity index (χ2n) is 9.22. The van der Waals surface area contributed by atoms with E-state index in [-0.39, 0.29) is 30.3 Å². The van der Waals surface area contributed by atoms with Gasteiger partial charge >= 0.3 is 0 Å². The number of benzene rings is 3. The molecule has 0 saturated carbocycles.